The van der Waals surface area contributed by atoms with E-state index in [1.807, 2.05) is 42.5 Å². The van der Waals surface area contributed by atoms with Gasteiger partial charge in [0.1, 0.15) is 5.78 Å². The summed E-state index contributed by atoms with van der Waals surface area (Å²) < 4.78 is 5.02. The predicted molar refractivity (Wildman–Crippen MR) is 120 cm³/mol. The molecule has 2 aromatic rings. The highest BCUT2D eigenvalue weighted by atomic mass is 35.5. The summed E-state index contributed by atoms with van der Waals surface area (Å²) >= 11 is 12.6. The van der Waals surface area contributed by atoms with Gasteiger partial charge in [-0.3, -0.25) is 4.79 Å². The van der Waals surface area contributed by atoms with Crippen molar-refractivity contribution >= 4 is 50.6 Å². The summed E-state index contributed by atoms with van der Waals surface area (Å²) in [5.74, 6) is 2.24. The van der Waals surface area contributed by atoms with Crippen molar-refractivity contribution in [3.8, 4) is 0 Å². The van der Waals surface area contributed by atoms with Crippen molar-refractivity contribution in [1.82, 2.24) is 0 Å². The van der Waals surface area contributed by atoms with Crippen molar-refractivity contribution in [2.75, 3.05) is 25.2 Å². The fraction of sp³-hybridized carbons (Fsp3) is 0.381. The van der Waals surface area contributed by atoms with Gasteiger partial charge in [0.05, 0.1) is 6.61 Å². The van der Waals surface area contributed by atoms with Crippen LogP contribution >= 0.6 is 44.8 Å². The normalized spacial score (nSPS) is 10.9. The van der Waals surface area contributed by atoms with Crippen LogP contribution in [0.15, 0.2) is 42.5 Å². The first-order chi connectivity index (χ1) is 13.1. The maximum atomic E-state index is 12.4. The molecule has 0 fully saturated rings. The lowest BCUT2D eigenvalue weighted by molar-refractivity contribution is -0.118. The molecule has 0 saturated carbocycles. The van der Waals surface area contributed by atoms with E-state index in [2.05, 4.69) is 0 Å². The minimum atomic E-state index is 0.273. The molecule has 0 heterocycles. The van der Waals surface area contributed by atoms with Crippen molar-refractivity contribution in [2.24, 2.45) is 0 Å². The van der Waals surface area contributed by atoms with Crippen molar-refractivity contribution in [2.45, 2.75) is 25.7 Å². The minimum absolute atomic E-state index is 0.273. The Morgan fingerprint density at radius 1 is 0.963 bits per heavy atom. The van der Waals surface area contributed by atoms with E-state index in [0.29, 0.717) is 29.3 Å². The van der Waals surface area contributed by atoms with Crippen LogP contribution in [0.25, 0.3) is 0 Å². The molecule has 2 aromatic carbocycles. The molecule has 0 N–H and O–H groups in total. The number of ether oxygens (including phenoxy) is 1. The van der Waals surface area contributed by atoms with Crippen LogP contribution in [0.5, 0.6) is 0 Å². The minimum Gasteiger partial charge on any atom is -0.384 e. The molecule has 0 spiro atoms. The third-order valence-electron chi connectivity index (χ3n) is 4.07. The molecule has 0 unspecified atom stereocenters. The second kappa shape index (κ2) is 12.7. The molecule has 146 valence electrons. The zero-order valence-electron chi connectivity index (χ0n) is 15.4. The van der Waals surface area contributed by atoms with Crippen LogP contribution < -0.4 is 0 Å². The first-order valence-corrected chi connectivity index (χ1v) is 12.1. The summed E-state index contributed by atoms with van der Waals surface area (Å²) in [7, 11) is 5.31. The SMILES string of the molecule is COCCSSCCCC(=O)Cc1ccccc1Cc1c(Cl)cccc1Cl. The number of hydrogen-bond donors (Lipinski definition) is 0. The Balaban J connectivity index is 1.87. The second-order valence-corrected chi connectivity index (χ2v) is 9.62. The molecule has 0 aliphatic carbocycles. The third kappa shape index (κ3) is 8.08. The molecule has 6 heteroatoms. The van der Waals surface area contributed by atoms with Gasteiger partial charge in [-0.05, 0) is 35.2 Å². The molecule has 0 aliphatic rings. The number of carbonyl (C=O) groups is 1. The zero-order valence-corrected chi connectivity index (χ0v) is 18.5. The Hall–Kier alpha value is -0.650. The van der Waals surface area contributed by atoms with E-state index in [0.717, 1.165) is 41.2 Å². The van der Waals surface area contributed by atoms with Crippen molar-refractivity contribution < 1.29 is 9.53 Å². The zero-order chi connectivity index (χ0) is 19.5. The summed E-state index contributed by atoms with van der Waals surface area (Å²) in [5.41, 5.74) is 3.07. The van der Waals surface area contributed by atoms with Gasteiger partial charge in [0.25, 0.3) is 0 Å². The van der Waals surface area contributed by atoms with Gasteiger partial charge in [0, 0.05) is 47.9 Å². The average molecular weight is 443 g/mol. The van der Waals surface area contributed by atoms with Crippen LogP contribution in [0.1, 0.15) is 29.5 Å². The van der Waals surface area contributed by atoms with Crippen LogP contribution in [-0.4, -0.2) is 31.0 Å². The van der Waals surface area contributed by atoms with Gasteiger partial charge in [-0.1, -0.05) is 75.1 Å². The summed E-state index contributed by atoms with van der Waals surface area (Å²) in [5, 5.41) is 1.32. The van der Waals surface area contributed by atoms with E-state index in [4.69, 9.17) is 27.9 Å². The molecule has 0 aliphatic heterocycles. The summed E-state index contributed by atoms with van der Waals surface area (Å²) in [6.45, 7) is 0.767. The standard InChI is InChI=1S/C21H24Cl2O2S2/c1-25-11-13-27-26-12-5-8-18(24)14-16-6-2-3-7-17(16)15-19-20(22)9-4-10-21(19)23/h2-4,6-7,9-10H,5,8,11-15H2,1H3. The first kappa shape index (κ1) is 22.6. The van der Waals surface area contributed by atoms with Crippen LogP contribution in [0.2, 0.25) is 10.0 Å². The quantitative estimate of drug-likeness (QED) is 0.276. The van der Waals surface area contributed by atoms with Gasteiger partial charge in [-0.25, -0.2) is 0 Å². The van der Waals surface area contributed by atoms with Crippen LogP contribution in [0, 0.1) is 0 Å². The summed E-state index contributed by atoms with van der Waals surface area (Å²) in [6.07, 6.45) is 2.61. The number of hydrogen-bond acceptors (Lipinski definition) is 4. The Morgan fingerprint density at radius 2 is 1.63 bits per heavy atom. The lowest BCUT2D eigenvalue weighted by Gasteiger charge is -2.11. The maximum absolute atomic E-state index is 12.4. The van der Waals surface area contributed by atoms with Gasteiger partial charge < -0.3 is 4.74 Å². The number of rotatable bonds is 12. The molecule has 0 saturated heterocycles. The Bertz CT molecular complexity index is 718. The smallest absolute Gasteiger partial charge is 0.137 e. The number of benzene rings is 2. The lowest BCUT2D eigenvalue weighted by atomic mass is 9.95. The van der Waals surface area contributed by atoms with Gasteiger partial charge in [0.15, 0.2) is 0 Å². The van der Waals surface area contributed by atoms with E-state index < -0.39 is 0 Å². The second-order valence-electron chi connectivity index (χ2n) is 6.10. The Kier molecular flexibility index (Phi) is 10.7. The van der Waals surface area contributed by atoms with Gasteiger partial charge >= 0.3 is 0 Å². The molecule has 0 amide bonds. The molecule has 2 rings (SSSR count). The molecular weight excluding hydrogens is 419 g/mol. The first-order valence-electron chi connectivity index (χ1n) is 8.86. The largest absolute Gasteiger partial charge is 0.384 e. The highest BCUT2D eigenvalue weighted by Gasteiger charge is 2.12. The summed E-state index contributed by atoms with van der Waals surface area (Å²) in [4.78, 5) is 12.4. The maximum Gasteiger partial charge on any atom is 0.137 e. The fourth-order valence-corrected chi connectivity index (χ4v) is 5.19. The topological polar surface area (TPSA) is 26.3 Å². The van der Waals surface area contributed by atoms with E-state index in [-0.39, 0.29) is 5.78 Å². The summed E-state index contributed by atoms with van der Waals surface area (Å²) in [6, 6.07) is 13.6. The molecule has 0 bridgehead atoms. The van der Waals surface area contributed by atoms with Gasteiger partial charge in [-0.2, -0.15) is 0 Å². The number of halogens is 2. The molecule has 2 nitrogen and oxygen atoms in total. The number of methoxy groups -OCH3 is 1. The van der Waals surface area contributed by atoms with Crippen LogP contribution in [0.4, 0.5) is 0 Å². The highest BCUT2D eigenvalue weighted by molar-refractivity contribution is 8.76. The third-order valence-corrected chi connectivity index (χ3v) is 7.24. The Labute approximate surface area is 179 Å². The van der Waals surface area contributed by atoms with Crippen molar-refractivity contribution in [3.05, 3.63) is 69.2 Å². The average Bonchev–Trinajstić information content (AvgIpc) is 2.65. The molecule has 0 radical (unpaired) electrons. The monoisotopic (exact) mass is 442 g/mol. The molecule has 0 aromatic heterocycles. The van der Waals surface area contributed by atoms with Crippen molar-refractivity contribution in [1.29, 1.82) is 0 Å². The van der Waals surface area contributed by atoms with E-state index in [9.17, 15) is 4.79 Å². The molecule has 0 atom stereocenters. The predicted octanol–water partition coefficient (Wildman–Crippen LogP) is 6.50. The van der Waals surface area contributed by atoms with E-state index >= 15 is 0 Å². The van der Waals surface area contributed by atoms with Crippen LogP contribution in [0.3, 0.4) is 0 Å². The number of carbonyl (C=O) groups excluding carboxylic acids is 1. The highest BCUT2D eigenvalue weighted by Crippen LogP contribution is 2.28. The van der Waals surface area contributed by atoms with Gasteiger partial charge in [-0.15, -0.1) is 0 Å². The number of ketones is 1. The van der Waals surface area contributed by atoms with Crippen molar-refractivity contribution in [3.63, 3.8) is 0 Å². The lowest BCUT2D eigenvalue weighted by Crippen LogP contribution is -2.06. The van der Waals surface area contributed by atoms with E-state index in [1.165, 1.54) is 0 Å². The van der Waals surface area contributed by atoms with Gasteiger partial charge in [0.2, 0.25) is 0 Å². The van der Waals surface area contributed by atoms with E-state index in [1.54, 1.807) is 28.7 Å². The number of Topliss-reactive ketones (excluding diaryl/α,β-unsaturated/α-hetero) is 1. The fourth-order valence-electron chi connectivity index (χ4n) is 2.66. The van der Waals surface area contributed by atoms with Crippen LogP contribution in [-0.2, 0) is 22.4 Å². The molecular formula is C21H24Cl2O2S2. The Morgan fingerprint density at radius 3 is 2.33 bits per heavy atom. The molecule has 27 heavy (non-hydrogen) atoms.